The molecule has 110 valence electrons. The molecule has 0 bridgehead atoms. The van der Waals surface area contributed by atoms with E-state index in [-0.39, 0.29) is 35.5 Å². The molecule has 0 spiro atoms. The van der Waals surface area contributed by atoms with Crippen LogP contribution in [-0.2, 0) is 0 Å². The van der Waals surface area contributed by atoms with Crippen LogP contribution in [0.15, 0.2) is 18.2 Å². The van der Waals surface area contributed by atoms with Crippen molar-refractivity contribution in [2.45, 2.75) is 25.7 Å². The highest BCUT2D eigenvalue weighted by atomic mass is 16.3. The molecule has 2 unspecified atom stereocenters. The highest BCUT2D eigenvalue weighted by Gasteiger charge is 2.24. The lowest BCUT2D eigenvalue weighted by Gasteiger charge is -2.30. The molecule has 20 heavy (non-hydrogen) atoms. The van der Waals surface area contributed by atoms with E-state index in [4.69, 9.17) is 0 Å². The van der Waals surface area contributed by atoms with Gasteiger partial charge >= 0.3 is 0 Å². The fourth-order valence-corrected chi connectivity index (χ4v) is 2.85. The van der Waals surface area contributed by atoms with E-state index in [2.05, 4.69) is 5.32 Å². The normalized spacial score (nSPS) is 22.4. The number of hydrogen-bond acceptors (Lipinski definition) is 4. The van der Waals surface area contributed by atoms with E-state index in [9.17, 15) is 20.1 Å². The van der Waals surface area contributed by atoms with Crippen molar-refractivity contribution < 1.29 is 20.1 Å². The lowest BCUT2D eigenvalue weighted by molar-refractivity contribution is 0.0908. The highest BCUT2D eigenvalue weighted by molar-refractivity contribution is 5.95. The molecule has 4 N–H and O–H groups in total. The van der Waals surface area contributed by atoms with E-state index >= 15 is 0 Å². The van der Waals surface area contributed by atoms with E-state index in [1.807, 2.05) is 0 Å². The number of phenols is 2. The molecule has 1 aliphatic carbocycles. The minimum atomic E-state index is -0.321. The Morgan fingerprint density at radius 3 is 2.30 bits per heavy atom. The zero-order valence-electron chi connectivity index (χ0n) is 11.4. The fraction of sp³-hybridized carbons (Fsp3) is 0.533. The average molecular weight is 279 g/mol. The number of benzene rings is 1. The molecule has 1 aromatic rings. The Kier molecular flexibility index (Phi) is 4.84. The number of aromatic hydroxyl groups is 2. The maximum absolute atomic E-state index is 12.0. The van der Waals surface area contributed by atoms with Crippen LogP contribution < -0.4 is 5.32 Å². The van der Waals surface area contributed by atoms with Crippen molar-refractivity contribution in [2.75, 3.05) is 13.2 Å². The molecule has 0 aliphatic heterocycles. The summed E-state index contributed by atoms with van der Waals surface area (Å²) >= 11 is 0. The number of hydrogen-bond donors (Lipinski definition) is 4. The SMILES string of the molecule is O=C(NCC1CCCCC1CO)c1cc(O)cc(O)c1. The van der Waals surface area contributed by atoms with E-state index in [0.29, 0.717) is 12.5 Å². The maximum atomic E-state index is 12.0. The Morgan fingerprint density at radius 1 is 1.10 bits per heavy atom. The number of nitrogens with one attached hydrogen (secondary N) is 1. The zero-order chi connectivity index (χ0) is 14.5. The van der Waals surface area contributed by atoms with Crippen LogP contribution in [0.2, 0.25) is 0 Å². The number of rotatable bonds is 4. The molecular formula is C15H21NO4. The van der Waals surface area contributed by atoms with Crippen LogP contribution in [0, 0.1) is 11.8 Å². The number of amides is 1. The van der Waals surface area contributed by atoms with Gasteiger partial charge in [0.15, 0.2) is 0 Å². The second-order valence-electron chi connectivity index (χ2n) is 5.44. The molecular weight excluding hydrogens is 258 g/mol. The molecule has 2 atom stereocenters. The first-order valence-corrected chi connectivity index (χ1v) is 7.02. The Hall–Kier alpha value is -1.75. The molecule has 5 nitrogen and oxygen atoms in total. The van der Waals surface area contributed by atoms with Crippen molar-refractivity contribution in [3.05, 3.63) is 23.8 Å². The molecule has 0 saturated heterocycles. The number of carbonyl (C=O) groups excluding carboxylic acids is 1. The summed E-state index contributed by atoms with van der Waals surface area (Å²) in [5.74, 6) is -0.0502. The monoisotopic (exact) mass is 279 g/mol. The van der Waals surface area contributed by atoms with E-state index in [1.54, 1.807) is 0 Å². The summed E-state index contributed by atoms with van der Waals surface area (Å²) in [7, 11) is 0. The van der Waals surface area contributed by atoms with Crippen molar-refractivity contribution in [1.29, 1.82) is 0 Å². The third kappa shape index (κ3) is 3.63. The smallest absolute Gasteiger partial charge is 0.251 e. The van der Waals surface area contributed by atoms with Crippen molar-refractivity contribution in [1.82, 2.24) is 5.32 Å². The topological polar surface area (TPSA) is 89.8 Å². The molecule has 1 aromatic carbocycles. The van der Waals surface area contributed by atoms with Crippen LogP contribution in [0.3, 0.4) is 0 Å². The Labute approximate surface area is 118 Å². The van der Waals surface area contributed by atoms with Gasteiger partial charge in [-0.2, -0.15) is 0 Å². The van der Waals surface area contributed by atoms with Gasteiger partial charge in [-0.05, 0) is 36.8 Å². The molecule has 5 heteroatoms. The van der Waals surface area contributed by atoms with Gasteiger partial charge in [-0.3, -0.25) is 4.79 Å². The van der Waals surface area contributed by atoms with Gasteiger partial charge in [0.05, 0.1) is 0 Å². The quantitative estimate of drug-likeness (QED) is 0.674. The third-order valence-corrected chi connectivity index (χ3v) is 3.99. The second-order valence-corrected chi connectivity index (χ2v) is 5.44. The first kappa shape index (κ1) is 14.7. The summed E-state index contributed by atoms with van der Waals surface area (Å²) in [5.41, 5.74) is 0.235. The second kappa shape index (κ2) is 6.61. The molecule has 1 fully saturated rings. The Morgan fingerprint density at radius 2 is 1.70 bits per heavy atom. The molecule has 2 rings (SSSR count). The molecule has 1 saturated carbocycles. The van der Waals surface area contributed by atoms with Gasteiger partial charge in [0.1, 0.15) is 11.5 Å². The largest absolute Gasteiger partial charge is 0.508 e. The summed E-state index contributed by atoms with van der Waals surface area (Å²) in [6.07, 6.45) is 4.28. The van der Waals surface area contributed by atoms with E-state index in [1.165, 1.54) is 18.2 Å². The van der Waals surface area contributed by atoms with Gasteiger partial charge in [0, 0.05) is 24.8 Å². The summed E-state index contributed by atoms with van der Waals surface area (Å²) in [6.45, 7) is 0.675. The lowest BCUT2D eigenvalue weighted by atomic mass is 9.79. The van der Waals surface area contributed by atoms with Crippen LogP contribution in [0.5, 0.6) is 11.5 Å². The molecule has 0 aromatic heterocycles. The highest BCUT2D eigenvalue weighted by Crippen LogP contribution is 2.29. The van der Waals surface area contributed by atoms with Crippen molar-refractivity contribution in [3.63, 3.8) is 0 Å². The fourth-order valence-electron chi connectivity index (χ4n) is 2.85. The van der Waals surface area contributed by atoms with Crippen LogP contribution in [-0.4, -0.2) is 34.4 Å². The van der Waals surface area contributed by atoms with E-state index < -0.39 is 0 Å². The predicted octanol–water partition coefficient (Wildman–Crippen LogP) is 1.63. The van der Waals surface area contributed by atoms with Gasteiger partial charge in [-0.15, -0.1) is 0 Å². The van der Waals surface area contributed by atoms with Gasteiger partial charge in [0.25, 0.3) is 5.91 Å². The summed E-state index contributed by atoms with van der Waals surface area (Å²) in [4.78, 5) is 12.0. The van der Waals surface area contributed by atoms with Gasteiger partial charge < -0.3 is 20.6 Å². The molecule has 1 amide bonds. The molecule has 0 heterocycles. The van der Waals surface area contributed by atoms with Crippen LogP contribution in [0.25, 0.3) is 0 Å². The maximum Gasteiger partial charge on any atom is 0.251 e. The lowest BCUT2D eigenvalue weighted by Crippen LogP contribution is -2.35. The number of aliphatic hydroxyl groups excluding tert-OH is 1. The average Bonchev–Trinajstić information content (AvgIpc) is 2.44. The first-order chi connectivity index (χ1) is 9.60. The predicted molar refractivity (Wildman–Crippen MR) is 74.6 cm³/mol. The molecule has 1 aliphatic rings. The Balaban J connectivity index is 1.94. The first-order valence-electron chi connectivity index (χ1n) is 7.02. The van der Waals surface area contributed by atoms with Crippen LogP contribution >= 0.6 is 0 Å². The summed E-state index contributed by atoms with van der Waals surface area (Å²) < 4.78 is 0. The zero-order valence-corrected chi connectivity index (χ0v) is 11.4. The number of phenolic OH excluding ortho intramolecular Hbond substituents is 2. The third-order valence-electron chi connectivity index (χ3n) is 3.99. The number of aliphatic hydroxyl groups is 1. The molecule has 0 radical (unpaired) electrons. The van der Waals surface area contributed by atoms with Crippen molar-refractivity contribution in [3.8, 4) is 11.5 Å². The minimum absolute atomic E-state index is 0.138. The van der Waals surface area contributed by atoms with Gasteiger partial charge in [-0.1, -0.05) is 12.8 Å². The van der Waals surface area contributed by atoms with Gasteiger partial charge in [-0.25, -0.2) is 0 Å². The standard InChI is InChI=1S/C15H21NO4/c17-9-11-4-2-1-3-10(11)8-16-15(20)12-5-13(18)7-14(19)6-12/h5-7,10-11,17-19H,1-4,8-9H2,(H,16,20). The van der Waals surface area contributed by atoms with Crippen LogP contribution in [0.1, 0.15) is 36.0 Å². The van der Waals surface area contributed by atoms with Crippen LogP contribution in [0.4, 0.5) is 0 Å². The summed E-state index contributed by atoms with van der Waals surface area (Å²) in [5, 5.41) is 30.9. The van der Waals surface area contributed by atoms with Crippen molar-refractivity contribution >= 4 is 5.91 Å². The summed E-state index contributed by atoms with van der Waals surface area (Å²) in [6, 6.07) is 3.82. The van der Waals surface area contributed by atoms with E-state index in [0.717, 1.165) is 25.7 Å². The number of carbonyl (C=O) groups is 1. The minimum Gasteiger partial charge on any atom is -0.508 e. The van der Waals surface area contributed by atoms with Crippen molar-refractivity contribution in [2.24, 2.45) is 11.8 Å². The van der Waals surface area contributed by atoms with Gasteiger partial charge in [0.2, 0.25) is 0 Å². The Bertz CT molecular complexity index is 455.